The minimum atomic E-state index is -0.265. The lowest BCUT2D eigenvalue weighted by Gasteiger charge is -2.15. The molecule has 0 aliphatic rings. The first-order valence-electron chi connectivity index (χ1n) is 10.8. The normalized spacial score (nSPS) is 10.6. The number of nitrogens with two attached hydrogens (primary N) is 1. The summed E-state index contributed by atoms with van der Waals surface area (Å²) in [4.78, 5) is 27.5. The molecule has 1 aromatic heterocycles. The minimum absolute atomic E-state index is 0.255. The van der Waals surface area contributed by atoms with E-state index < -0.39 is 0 Å². The smallest absolute Gasteiger partial charge is 0.255 e. The van der Waals surface area contributed by atoms with Crippen molar-refractivity contribution in [2.45, 2.75) is 0 Å². The van der Waals surface area contributed by atoms with Gasteiger partial charge in [-0.05, 0) is 48.5 Å². The number of fused-ring (bicyclic) bond motifs is 1. The van der Waals surface area contributed by atoms with Gasteiger partial charge in [-0.3, -0.25) is 14.5 Å². The molecular weight excluding hydrogens is 432 g/mol. The average Bonchev–Trinajstić information content (AvgIpc) is 3.26. The zero-order valence-electron chi connectivity index (χ0n) is 19.0. The summed E-state index contributed by atoms with van der Waals surface area (Å²) >= 11 is 0. The molecule has 3 aromatic carbocycles. The molecule has 0 aliphatic carbocycles. The molecular formula is C26H26N4O4. The molecule has 8 heteroatoms. The van der Waals surface area contributed by atoms with Crippen LogP contribution < -0.4 is 25.6 Å². The number of nitrogen functional groups attached to an aromatic ring is 1. The number of carbonyl (C=O) groups excluding carboxylic acids is 2. The number of para-hydroxylation sites is 2. The van der Waals surface area contributed by atoms with Crippen LogP contribution in [0.3, 0.4) is 0 Å². The highest BCUT2D eigenvalue weighted by molar-refractivity contribution is 6.05. The number of nitrogens with one attached hydrogen (secondary N) is 1. The Morgan fingerprint density at radius 3 is 2.53 bits per heavy atom. The van der Waals surface area contributed by atoms with E-state index in [1.807, 2.05) is 43.3 Å². The number of rotatable bonds is 9. The van der Waals surface area contributed by atoms with E-state index in [0.29, 0.717) is 40.7 Å². The fourth-order valence-electron chi connectivity index (χ4n) is 3.41. The molecule has 4 rings (SSSR count). The van der Waals surface area contributed by atoms with Crippen LogP contribution in [0.4, 0.5) is 22.9 Å². The van der Waals surface area contributed by atoms with Crippen LogP contribution in [0, 0.1) is 0 Å². The van der Waals surface area contributed by atoms with Crippen molar-refractivity contribution >= 4 is 46.2 Å². The first-order chi connectivity index (χ1) is 16.4. The summed E-state index contributed by atoms with van der Waals surface area (Å²) < 4.78 is 11.6. The maximum atomic E-state index is 12.4. The van der Waals surface area contributed by atoms with Crippen molar-refractivity contribution < 1.29 is 18.7 Å². The Morgan fingerprint density at radius 2 is 1.82 bits per heavy atom. The van der Waals surface area contributed by atoms with E-state index in [9.17, 15) is 9.59 Å². The second-order valence-electron chi connectivity index (χ2n) is 7.91. The molecule has 0 atom stereocenters. The first-order valence-corrected chi connectivity index (χ1v) is 10.8. The van der Waals surface area contributed by atoms with E-state index in [1.165, 1.54) is 4.90 Å². The van der Waals surface area contributed by atoms with E-state index in [2.05, 4.69) is 5.32 Å². The van der Waals surface area contributed by atoms with Gasteiger partial charge in [-0.15, -0.1) is 0 Å². The van der Waals surface area contributed by atoms with E-state index in [1.54, 1.807) is 48.5 Å². The molecule has 0 spiro atoms. The van der Waals surface area contributed by atoms with Gasteiger partial charge in [0, 0.05) is 42.9 Å². The van der Waals surface area contributed by atoms with E-state index >= 15 is 0 Å². The van der Waals surface area contributed by atoms with Gasteiger partial charge < -0.3 is 25.1 Å². The maximum Gasteiger partial charge on any atom is 0.255 e. The van der Waals surface area contributed by atoms with E-state index in [-0.39, 0.29) is 12.5 Å². The highest BCUT2D eigenvalue weighted by Gasteiger charge is 2.13. The predicted octanol–water partition coefficient (Wildman–Crippen LogP) is 4.38. The van der Waals surface area contributed by atoms with Crippen molar-refractivity contribution in [3.8, 4) is 5.75 Å². The van der Waals surface area contributed by atoms with Crippen molar-refractivity contribution in [1.29, 1.82) is 0 Å². The number of benzene rings is 3. The monoisotopic (exact) mass is 458 g/mol. The highest BCUT2D eigenvalue weighted by Crippen LogP contribution is 2.28. The third kappa shape index (κ3) is 5.12. The Balaban J connectivity index is 1.34. The molecule has 0 bridgehead atoms. The number of hydrogen-bond acceptors (Lipinski definition) is 6. The van der Waals surface area contributed by atoms with Crippen LogP contribution in [0.15, 0.2) is 77.2 Å². The molecule has 0 saturated carbocycles. The number of nitrogens with zero attached hydrogens (tertiary/aromatic N) is 2. The summed E-state index contributed by atoms with van der Waals surface area (Å²) in [7, 11) is 3.91. The minimum Gasteiger partial charge on any atom is -0.492 e. The lowest BCUT2D eigenvalue weighted by Crippen LogP contribution is -2.26. The number of furan rings is 1. The fraction of sp³-hybridized carbons (Fsp3) is 0.154. The lowest BCUT2D eigenvalue weighted by atomic mass is 10.2. The summed E-state index contributed by atoms with van der Waals surface area (Å²) in [6, 6.07) is 21.5. The highest BCUT2D eigenvalue weighted by atomic mass is 16.5. The molecule has 1 heterocycles. The molecule has 2 amide bonds. The van der Waals surface area contributed by atoms with Crippen molar-refractivity contribution in [2.75, 3.05) is 48.1 Å². The van der Waals surface area contributed by atoms with E-state index in [4.69, 9.17) is 14.9 Å². The van der Waals surface area contributed by atoms with E-state index in [0.717, 1.165) is 17.5 Å². The molecule has 0 saturated heterocycles. The van der Waals surface area contributed by atoms with Crippen molar-refractivity contribution in [1.82, 2.24) is 0 Å². The summed E-state index contributed by atoms with van der Waals surface area (Å²) in [5, 5.41) is 3.70. The maximum absolute atomic E-state index is 12.4. The van der Waals surface area contributed by atoms with Gasteiger partial charge in [-0.2, -0.15) is 0 Å². The van der Waals surface area contributed by atoms with Gasteiger partial charge in [0.25, 0.3) is 5.91 Å². The average molecular weight is 459 g/mol. The lowest BCUT2D eigenvalue weighted by molar-refractivity contribution is -0.107. The number of amides is 2. The number of ether oxygens (including phenoxy) is 1. The fourth-order valence-corrected chi connectivity index (χ4v) is 3.41. The summed E-state index contributed by atoms with van der Waals surface area (Å²) in [6.45, 7) is 0.560. The van der Waals surface area contributed by atoms with Crippen molar-refractivity contribution in [3.05, 3.63) is 78.4 Å². The number of hydrogen-bond donors (Lipinski definition) is 2. The zero-order valence-corrected chi connectivity index (χ0v) is 19.0. The van der Waals surface area contributed by atoms with Gasteiger partial charge in [-0.1, -0.05) is 12.1 Å². The largest absolute Gasteiger partial charge is 0.492 e. The summed E-state index contributed by atoms with van der Waals surface area (Å²) in [5.74, 6) is 0.775. The van der Waals surface area contributed by atoms with Crippen molar-refractivity contribution in [3.63, 3.8) is 0 Å². The van der Waals surface area contributed by atoms with Gasteiger partial charge in [-0.25, -0.2) is 0 Å². The van der Waals surface area contributed by atoms with Crippen LogP contribution in [-0.4, -0.2) is 39.6 Å². The number of carbonyl (C=O) groups is 2. The van der Waals surface area contributed by atoms with Gasteiger partial charge >= 0.3 is 0 Å². The Bertz CT molecular complexity index is 1300. The molecule has 0 aliphatic heterocycles. The predicted molar refractivity (Wildman–Crippen MR) is 135 cm³/mol. The molecule has 0 radical (unpaired) electrons. The molecule has 174 valence electrons. The van der Waals surface area contributed by atoms with Crippen LogP contribution in [-0.2, 0) is 4.79 Å². The molecule has 0 fully saturated rings. The zero-order chi connectivity index (χ0) is 24.1. The van der Waals surface area contributed by atoms with Gasteiger partial charge in [0.15, 0.2) is 0 Å². The summed E-state index contributed by atoms with van der Waals surface area (Å²) in [6.07, 6.45) is 0.719. The first kappa shape index (κ1) is 22.7. The molecule has 0 unspecified atom stereocenters. The standard InChI is InChI=1S/C26H26N4O4/c1-29(2)20-10-7-19-15-25(34-24(19)16-20)30(17-31)13-14-33-21-11-8-18(9-12-21)26(32)28-23-6-4-3-5-22(23)27/h3-12,15-17H,13-14,27H2,1-2H3,(H,28,32). The molecule has 8 nitrogen and oxygen atoms in total. The second kappa shape index (κ2) is 9.99. The van der Waals surface area contributed by atoms with Crippen LogP contribution in [0.5, 0.6) is 5.75 Å². The van der Waals surface area contributed by atoms with Crippen LogP contribution in [0.2, 0.25) is 0 Å². The Hall–Kier alpha value is -4.46. The SMILES string of the molecule is CN(C)c1ccc2cc(N(C=O)CCOc3ccc(C(=O)Nc4ccccc4N)cc3)oc2c1. The van der Waals surface area contributed by atoms with Gasteiger partial charge in [0.2, 0.25) is 12.3 Å². The van der Waals surface area contributed by atoms with Crippen molar-refractivity contribution in [2.24, 2.45) is 0 Å². The quantitative estimate of drug-likeness (QED) is 0.285. The molecule has 3 N–H and O–H groups in total. The topological polar surface area (TPSA) is 101 Å². The second-order valence-corrected chi connectivity index (χ2v) is 7.91. The van der Waals surface area contributed by atoms with Crippen LogP contribution in [0.25, 0.3) is 11.0 Å². The molecule has 34 heavy (non-hydrogen) atoms. The van der Waals surface area contributed by atoms with Gasteiger partial charge in [0.1, 0.15) is 17.9 Å². The van der Waals surface area contributed by atoms with Crippen LogP contribution in [0.1, 0.15) is 10.4 Å². The van der Waals surface area contributed by atoms with Crippen LogP contribution >= 0.6 is 0 Å². The van der Waals surface area contributed by atoms with Gasteiger partial charge in [0.05, 0.1) is 17.9 Å². The summed E-state index contributed by atoms with van der Waals surface area (Å²) in [5.41, 5.74) is 9.13. The third-order valence-electron chi connectivity index (χ3n) is 5.34. The number of anilines is 4. The Morgan fingerprint density at radius 1 is 1.06 bits per heavy atom. The third-order valence-corrected chi connectivity index (χ3v) is 5.34. The Labute approximate surface area is 197 Å². The Kier molecular flexibility index (Phi) is 6.68. The molecule has 4 aromatic rings.